The Bertz CT molecular complexity index is 401. The third-order valence-electron chi connectivity index (χ3n) is 1.76. The van der Waals surface area contributed by atoms with Crippen LogP contribution in [0.25, 0.3) is 0 Å². The van der Waals surface area contributed by atoms with Gasteiger partial charge < -0.3 is 0 Å². The minimum atomic E-state index is 0.608. The van der Waals surface area contributed by atoms with Gasteiger partial charge in [0, 0.05) is 10.5 Å². The first kappa shape index (κ1) is 12.4. The average molecular weight is 258 g/mol. The van der Waals surface area contributed by atoms with Crippen molar-refractivity contribution in [2.24, 2.45) is 0 Å². The van der Waals surface area contributed by atoms with E-state index in [0.29, 0.717) is 16.5 Å². The summed E-state index contributed by atoms with van der Waals surface area (Å²) in [5.41, 5.74) is 0.719. The van der Waals surface area contributed by atoms with E-state index in [1.54, 1.807) is 23.6 Å². The van der Waals surface area contributed by atoms with Crippen LogP contribution < -0.4 is 0 Å². The fraction of sp³-hybridized carbons (Fsp3) is 0.182. The zero-order chi connectivity index (χ0) is 11.3. The van der Waals surface area contributed by atoms with Crippen LogP contribution in [0, 0.1) is 11.3 Å². The predicted octanol–water partition coefficient (Wildman–Crippen LogP) is 4.90. The molecule has 0 saturated heterocycles. The van der Waals surface area contributed by atoms with Crippen LogP contribution in [0.2, 0.25) is 10.0 Å². The Labute approximate surface area is 104 Å². The van der Waals surface area contributed by atoms with Crippen molar-refractivity contribution >= 4 is 35.0 Å². The number of halogens is 2. The molecule has 0 aromatic heterocycles. The molecule has 0 saturated carbocycles. The van der Waals surface area contributed by atoms with Crippen LogP contribution in [0.1, 0.15) is 13.3 Å². The fourth-order valence-corrected chi connectivity index (χ4v) is 2.42. The first-order valence-electron chi connectivity index (χ1n) is 4.38. The molecule has 0 unspecified atom stereocenters. The number of hydrogen-bond donors (Lipinski definition) is 0. The molecule has 1 aromatic carbocycles. The molecule has 1 nitrogen and oxygen atoms in total. The largest absolute Gasteiger partial charge is 0.193 e. The summed E-state index contributed by atoms with van der Waals surface area (Å²) in [6.45, 7) is 1.93. The number of rotatable bonds is 3. The Hall–Kier alpha value is -0.620. The molecule has 0 radical (unpaired) electrons. The summed E-state index contributed by atoms with van der Waals surface area (Å²) in [4.78, 5) is 0.794. The number of hydrogen-bond acceptors (Lipinski definition) is 2. The molecule has 0 atom stereocenters. The van der Waals surface area contributed by atoms with Gasteiger partial charge in [0.15, 0.2) is 0 Å². The van der Waals surface area contributed by atoms with Gasteiger partial charge in [-0.05, 0) is 24.0 Å². The Morgan fingerprint density at radius 3 is 2.53 bits per heavy atom. The normalized spacial score (nSPS) is 11.2. The minimum Gasteiger partial charge on any atom is -0.193 e. The summed E-state index contributed by atoms with van der Waals surface area (Å²) in [6.07, 6.45) is 0.714. The van der Waals surface area contributed by atoms with Gasteiger partial charge in [0.2, 0.25) is 0 Å². The number of allylic oxidation sites excluding steroid dienone is 1. The molecule has 0 fully saturated rings. The lowest BCUT2D eigenvalue weighted by molar-refractivity contribution is 1.16. The van der Waals surface area contributed by atoms with Gasteiger partial charge in [0.25, 0.3) is 0 Å². The van der Waals surface area contributed by atoms with Gasteiger partial charge in [-0.15, -0.1) is 0 Å². The molecule has 1 aromatic rings. The summed E-state index contributed by atoms with van der Waals surface area (Å²) in [5, 5.41) is 11.7. The zero-order valence-corrected chi connectivity index (χ0v) is 10.5. The van der Waals surface area contributed by atoms with Gasteiger partial charge in [0.1, 0.15) is 0 Å². The number of thioether (sulfide) groups is 1. The molecular weight excluding hydrogens is 249 g/mol. The quantitative estimate of drug-likeness (QED) is 0.568. The zero-order valence-electron chi connectivity index (χ0n) is 8.13. The van der Waals surface area contributed by atoms with Crippen molar-refractivity contribution in [3.05, 3.63) is 39.2 Å². The van der Waals surface area contributed by atoms with Crippen LogP contribution in [0.5, 0.6) is 0 Å². The van der Waals surface area contributed by atoms with Crippen LogP contribution in [0.3, 0.4) is 0 Å². The van der Waals surface area contributed by atoms with Crippen LogP contribution in [0.15, 0.2) is 34.1 Å². The summed E-state index contributed by atoms with van der Waals surface area (Å²) in [6, 6.07) is 7.47. The average Bonchev–Trinajstić information content (AvgIpc) is 2.23. The molecule has 0 N–H and O–H groups in total. The highest BCUT2D eigenvalue weighted by atomic mass is 35.5. The molecular formula is C11H9Cl2NS. The SMILES string of the molecule is CCC(C#N)=CSc1c(Cl)cccc1Cl. The van der Waals surface area contributed by atoms with E-state index in [0.717, 1.165) is 10.5 Å². The Balaban J connectivity index is 2.91. The van der Waals surface area contributed by atoms with Gasteiger partial charge in [-0.25, -0.2) is 0 Å². The predicted molar refractivity (Wildman–Crippen MR) is 66.3 cm³/mol. The van der Waals surface area contributed by atoms with Gasteiger partial charge in [-0.1, -0.05) is 48.0 Å². The lowest BCUT2D eigenvalue weighted by Crippen LogP contribution is -1.76. The molecule has 15 heavy (non-hydrogen) atoms. The van der Waals surface area contributed by atoms with Crippen molar-refractivity contribution < 1.29 is 0 Å². The molecule has 0 aliphatic carbocycles. The van der Waals surface area contributed by atoms with Crippen molar-refractivity contribution in [2.45, 2.75) is 18.2 Å². The van der Waals surface area contributed by atoms with E-state index in [4.69, 9.17) is 28.5 Å². The van der Waals surface area contributed by atoms with E-state index < -0.39 is 0 Å². The smallest absolute Gasteiger partial charge is 0.0952 e. The highest BCUT2D eigenvalue weighted by molar-refractivity contribution is 8.02. The topological polar surface area (TPSA) is 23.8 Å². The second kappa shape index (κ2) is 6.07. The third-order valence-corrected chi connectivity index (χ3v) is 3.69. The highest BCUT2D eigenvalue weighted by Crippen LogP contribution is 2.35. The first-order chi connectivity index (χ1) is 7.19. The van der Waals surface area contributed by atoms with E-state index in [2.05, 4.69) is 6.07 Å². The van der Waals surface area contributed by atoms with Gasteiger partial charge in [-0.3, -0.25) is 0 Å². The standard InChI is InChI=1S/C11H9Cl2NS/c1-2-8(6-14)7-15-11-9(12)4-3-5-10(11)13/h3-5,7H,2H2,1H3. The highest BCUT2D eigenvalue weighted by Gasteiger charge is 2.04. The van der Waals surface area contributed by atoms with E-state index >= 15 is 0 Å². The Morgan fingerprint density at radius 1 is 1.47 bits per heavy atom. The first-order valence-corrected chi connectivity index (χ1v) is 6.02. The van der Waals surface area contributed by atoms with Crippen molar-refractivity contribution in [1.82, 2.24) is 0 Å². The van der Waals surface area contributed by atoms with Crippen molar-refractivity contribution in [3.8, 4) is 6.07 Å². The minimum absolute atomic E-state index is 0.608. The third kappa shape index (κ3) is 3.46. The second-order valence-electron chi connectivity index (χ2n) is 2.78. The summed E-state index contributed by atoms with van der Waals surface area (Å²) in [5.74, 6) is 0. The molecule has 1 rings (SSSR count). The number of nitriles is 1. The van der Waals surface area contributed by atoms with Gasteiger partial charge >= 0.3 is 0 Å². The van der Waals surface area contributed by atoms with Gasteiger partial charge in [-0.2, -0.15) is 5.26 Å². The molecule has 4 heteroatoms. The molecule has 0 bridgehead atoms. The molecule has 78 valence electrons. The lowest BCUT2D eigenvalue weighted by Gasteiger charge is -2.02. The monoisotopic (exact) mass is 257 g/mol. The van der Waals surface area contributed by atoms with Crippen LogP contribution >= 0.6 is 35.0 Å². The fourth-order valence-electron chi connectivity index (χ4n) is 0.914. The Morgan fingerprint density at radius 2 is 2.07 bits per heavy atom. The summed E-state index contributed by atoms with van der Waals surface area (Å²) in [7, 11) is 0. The van der Waals surface area contributed by atoms with Crippen molar-refractivity contribution in [2.75, 3.05) is 0 Å². The molecule has 0 spiro atoms. The maximum absolute atomic E-state index is 8.75. The van der Waals surface area contributed by atoms with Crippen molar-refractivity contribution in [3.63, 3.8) is 0 Å². The van der Waals surface area contributed by atoms with Crippen LogP contribution in [-0.4, -0.2) is 0 Å². The van der Waals surface area contributed by atoms with E-state index in [1.807, 2.05) is 6.92 Å². The number of benzene rings is 1. The molecule has 0 aliphatic heterocycles. The van der Waals surface area contributed by atoms with Crippen molar-refractivity contribution in [1.29, 1.82) is 5.26 Å². The maximum Gasteiger partial charge on any atom is 0.0952 e. The number of nitrogens with zero attached hydrogens (tertiary/aromatic N) is 1. The maximum atomic E-state index is 8.75. The summed E-state index contributed by atoms with van der Waals surface area (Å²) < 4.78 is 0. The van der Waals surface area contributed by atoms with Crippen LogP contribution in [0.4, 0.5) is 0 Å². The molecule has 0 amide bonds. The van der Waals surface area contributed by atoms with Crippen LogP contribution in [-0.2, 0) is 0 Å². The Kier molecular flexibility index (Phi) is 5.04. The van der Waals surface area contributed by atoms with Gasteiger partial charge in [0.05, 0.1) is 16.1 Å². The van der Waals surface area contributed by atoms with E-state index in [1.165, 1.54) is 11.8 Å². The molecule has 0 heterocycles. The van der Waals surface area contributed by atoms with E-state index in [-0.39, 0.29) is 0 Å². The molecule has 0 aliphatic rings. The van der Waals surface area contributed by atoms with E-state index in [9.17, 15) is 0 Å². The summed E-state index contributed by atoms with van der Waals surface area (Å²) >= 11 is 13.3. The lowest BCUT2D eigenvalue weighted by atomic mass is 10.3. The second-order valence-corrected chi connectivity index (χ2v) is 4.47.